The maximum Gasteiger partial charge on any atom is 0.279 e. The maximum atomic E-state index is 13.1. The first-order valence-corrected chi connectivity index (χ1v) is 11.3. The first kappa shape index (κ1) is 22.1. The molecule has 32 heavy (non-hydrogen) atoms. The van der Waals surface area contributed by atoms with E-state index in [0.29, 0.717) is 16.9 Å². The quantitative estimate of drug-likeness (QED) is 0.618. The molecule has 1 aliphatic carbocycles. The number of rotatable bonds is 5. The van der Waals surface area contributed by atoms with Gasteiger partial charge in [-0.1, -0.05) is 49.1 Å². The zero-order valence-corrected chi connectivity index (χ0v) is 19.0. The van der Waals surface area contributed by atoms with Crippen LogP contribution in [0.15, 0.2) is 53.2 Å². The van der Waals surface area contributed by atoms with Crippen molar-refractivity contribution < 1.29 is 14.4 Å². The molecule has 0 spiro atoms. The van der Waals surface area contributed by atoms with E-state index in [2.05, 4.69) is 10.6 Å². The Hall–Kier alpha value is -3.12. The van der Waals surface area contributed by atoms with Crippen LogP contribution in [0.25, 0.3) is 0 Å². The van der Waals surface area contributed by atoms with Crippen LogP contribution in [-0.4, -0.2) is 28.7 Å². The molecule has 0 atom stereocenters. The Morgan fingerprint density at radius 1 is 1.00 bits per heavy atom. The van der Waals surface area contributed by atoms with Gasteiger partial charge in [0, 0.05) is 23.0 Å². The summed E-state index contributed by atoms with van der Waals surface area (Å²) >= 11 is 6.29. The molecule has 0 radical (unpaired) electrons. The molecule has 2 aromatic carbocycles. The second-order valence-corrected chi connectivity index (χ2v) is 8.82. The molecule has 166 valence electrons. The van der Waals surface area contributed by atoms with Gasteiger partial charge in [-0.05, 0) is 62.1 Å². The molecule has 3 amide bonds. The Labute approximate surface area is 192 Å². The number of anilines is 2. The van der Waals surface area contributed by atoms with Crippen LogP contribution < -0.4 is 10.6 Å². The lowest BCUT2D eigenvalue weighted by atomic mass is 9.94. The number of halogens is 1. The van der Waals surface area contributed by atoms with Gasteiger partial charge in [0.1, 0.15) is 10.7 Å². The SMILES string of the molecule is Cc1cccc(NC(=O)c2ccc(C)c(NC3=C(Cl)C(=O)N(C4CCCCC4)C3=O)c2)c1. The molecule has 0 saturated heterocycles. The van der Waals surface area contributed by atoms with Crippen molar-refractivity contribution >= 4 is 40.7 Å². The Bertz CT molecular complexity index is 1120. The summed E-state index contributed by atoms with van der Waals surface area (Å²) in [6.45, 7) is 3.82. The smallest absolute Gasteiger partial charge is 0.279 e. The fourth-order valence-electron chi connectivity index (χ4n) is 4.26. The zero-order chi connectivity index (χ0) is 22.8. The molecule has 6 nitrogen and oxygen atoms in total. The van der Waals surface area contributed by atoms with E-state index in [1.165, 1.54) is 4.90 Å². The number of carbonyl (C=O) groups excluding carboxylic acids is 3. The van der Waals surface area contributed by atoms with E-state index in [-0.39, 0.29) is 22.7 Å². The van der Waals surface area contributed by atoms with Gasteiger partial charge in [0.25, 0.3) is 17.7 Å². The van der Waals surface area contributed by atoms with Gasteiger partial charge in [-0.15, -0.1) is 0 Å². The number of hydrogen-bond acceptors (Lipinski definition) is 4. The van der Waals surface area contributed by atoms with Crippen molar-refractivity contribution in [1.29, 1.82) is 0 Å². The van der Waals surface area contributed by atoms with Gasteiger partial charge in [-0.25, -0.2) is 0 Å². The highest BCUT2D eigenvalue weighted by Crippen LogP contribution is 2.33. The van der Waals surface area contributed by atoms with Crippen molar-refractivity contribution in [3.8, 4) is 0 Å². The van der Waals surface area contributed by atoms with E-state index < -0.39 is 11.8 Å². The highest BCUT2D eigenvalue weighted by atomic mass is 35.5. The lowest BCUT2D eigenvalue weighted by Gasteiger charge is -2.29. The lowest BCUT2D eigenvalue weighted by molar-refractivity contribution is -0.140. The van der Waals surface area contributed by atoms with E-state index >= 15 is 0 Å². The summed E-state index contributed by atoms with van der Waals surface area (Å²) in [5.74, 6) is -1.12. The van der Waals surface area contributed by atoms with Crippen molar-refractivity contribution in [2.45, 2.75) is 52.0 Å². The first-order valence-electron chi connectivity index (χ1n) is 10.9. The third kappa shape index (κ3) is 4.41. The third-order valence-corrected chi connectivity index (χ3v) is 6.38. The van der Waals surface area contributed by atoms with Crippen molar-refractivity contribution in [3.05, 3.63) is 69.9 Å². The summed E-state index contributed by atoms with van der Waals surface area (Å²) < 4.78 is 0. The molecule has 0 aromatic heterocycles. The minimum absolute atomic E-state index is 0.0709. The second kappa shape index (κ2) is 9.17. The Morgan fingerprint density at radius 2 is 1.75 bits per heavy atom. The number of benzene rings is 2. The lowest BCUT2D eigenvalue weighted by Crippen LogP contribution is -2.42. The van der Waals surface area contributed by atoms with Crippen molar-refractivity contribution in [2.24, 2.45) is 0 Å². The normalized spacial score (nSPS) is 17.2. The molecule has 1 aliphatic heterocycles. The van der Waals surface area contributed by atoms with E-state index in [1.807, 2.05) is 38.1 Å². The number of imide groups is 1. The molecular formula is C25H26ClN3O3. The monoisotopic (exact) mass is 451 g/mol. The molecule has 1 fully saturated rings. The topological polar surface area (TPSA) is 78.5 Å². The van der Waals surface area contributed by atoms with Gasteiger partial charge in [0.15, 0.2) is 0 Å². The maximum absolute atomic E-state index is 13.1. The van der Waals surface area contributed by atoms with Gasteiger partial charge in [-0.2, -0.15) is 0 Å². The molecule has 7 heteroatoms. The van der Waals surface area contributed by atoms with Crippen molar-refractivity contribution in [1.82, 2.24) is 4.90 Å². The van der Waals surface area contributed by atoms with E-state index in [1.54, 1.807) is 18.2 Å². The standard InChI is InChI=1S/C25H26ClN3O3/c1-15-7-6-8-18(13-15)27-23(30)17-12-11-16(2)20(14-17)28-22-21(26)24(31)29(25(22)32)19-9-4-3-5-10-19/h6-8,11-14,19,28H,3-5,9-10H2,1-2H3,(H,27,30). The summed E-state index contributed by atoms with van der Waals surface area (Å²) in [7, 11) is 0. The molecule has 1 heterocycles. The zero-order valence-electron chi connectivity index (χ0n) is 18.2. The number of nitrogens with one attached hydrogen (secondary N) is 2. The van der Waals surface area contributed by atoms with Gasteiger partial charge < -0.3 is 10.6 Å². The third-order valence-electron chi connectivity index (χ3n) is 6.03. The van der Waals surface area contributed by atoms with Crippen LogP contribution in [0.1, 0.15) is 53.6 Å². The number of hydrogen-bond donors (Lipinski definition) is 2. The fraction of sp³-hybridized carbons (Fsp3) is 0.320. The summed E-state index contributed by atoms with van der Waals surface area (Å²) in [5.41, 5.74) is 3.63. The molecule has 2 aliphatic rings. The Kier molecular flexibility index (Phi) is 6.33. The van der Waals surface area contributed by atoms with Crippen LogP contribution in [0, 0.1) is 13.8 Å². The molecule has 2 N–H and O–H groups in total. The van der Waals surface area contributed by atoms with Crippen LogP contribution in [0.2, 0.25) is 0 Å². The minimum atomic E-state index is -0.447. The van der Waals surface area contributed by atoms with Crippen LogP contribution in [0.3, 0.4) is 0 Å². The highest BCUT2D eigenvalue weighted by Gasteiger charge is 2.42. The summed E-state index contributed by atoms with van der Waals surface area (Å²) in [6.07, 6.45) is 4.74. The summed E-state index contributed by atoms with van der Waals surface area (Å²) in [4.78, 5) is 39.8. The predicted octanol–water partition coefficient (Wildman–Crippen LogP) is 5.12. The predicted molar refractivity (Wildman–Crippen MR) is 126 cm³/mol. The van der Waals surface area contributed by atoms with Crippen molar-refractivity contribution in [3.63, 3.8) is 0 Å². The molecule has 0 bridgehead atoms. The average Bonchev–Trinajstić information content (AvgIpc) is 2.98. The average molecular weight is 452 g/mol. The van der Waals surface area contributed by atoms with Crippen molar-refractivity contribution in [2.75, 3.05) is 10.6 Å². The van der Waals surface area contributed by atoms with E-state index in [9.17, 15) is 14.4 Å². The molecular weight excluding hydrogens is 426 g/mol. The fourth-order valence-corrected chi connectivity index (χ4v) is 4.48. The largest absolute Gasteiger partial charge is 0.349 e. The molecule has 1 saturated carbocycles. The van der Waals surface area contributed by atoms with Gasteiger partial charge in [-0.3, -0.25) is 19.3 Å². The van der Waals surface area contributed by atoms with Crippen LogP contribution in [-0.2, 0) is 9.59 Å². The number of carbonyl (C=O) groups is 3. The molecule has 4 rings (SSSR count). The van der Waals surface area contributed by atoms with E-state index in [4.69, 9.17) is 11.6 Å². The van der Waals surface area contributed by atoms with Crippen LogP contribution in [0.5, 0.6) is 0 Å². The Morgan fingerprint density at radius 3 is 2.47 bits per heavy atom. The molecule has 2 aromatic rings. The number of nitrogens with zero attached hydrogens (tertiary/aromatic N) is 1. The minimum Gasteiger partial charge on any atom is -0.349 e. The van der Waals surface area contributed by atoms with Gasteiger partial charge in [0.2, 0.25) is 0 Å². The molecule has 0 unspecified atom stereocenters. The second-order valence-electron chi connectivity index (χ2n) is 8.44. The van der Waals surface area contributed by atoms with Crippen LogP contribution in [0.4, 0.5) is 11.4 Å². The summed E-state index contributed by atoms with van der Waals surface area (Å²) in [5, 5.41) is 5.81. The summed E-state index contributed by atoms with van der Waals surface area (Å²) in [6, 6.07) is 12.6. The van der Waals surface area contributed by atoms with E-state index in [0.717, 1.165) is 43.2 Å². The Balaban J connectivity index is 1.54. The highest BCUT2D eigenvalue weighted by molar-refractivity contribution is 6.48. The first-order chi connectivity index (χ1) is 15.3. The van der Waals surface area contributed by atoms with Gasteiger partial charge >= 0.3 is 0 Å². The van der Waals surface area contributed by atoms with Gasteiger partial charge in [0.05, 0.1) is 0 Å². The number of aryl methyl sites for hydroxylation is 2. The van der Waals surface area contributed by atoms with Crippen LogP contribution >= 0.6 is 11.6 Å². The number of amides is 3.